The van der Waals surface area contributed by atoms with Gasteiger partial charge in [0.25, 0.3) is 0 Å². The number of rotatable bonds is 1. The van der Waals surface area contributed by atoms with E-state index in [1.165, 1.54) is 0 Å². The molecule has 20 heavy (non-hydrogen) atoms. The van der Waals surface area contributed by atoms with Gasteiger partial charge in [-0.05, 0) is 33.7 Å². The van der Waals surface area contributed by atoms with Crippen molar-refractivity contribution in [3.63, 3.8) is 0 Å². The minimum atomic E-state index is -0.789. The molecular weight excluding hydrogens is 258 g/mol. The molecule has 3 unspecified atom stereocenters. The summed E-state index contributed by atoms with van der Waals surface area (Å²) in [5.41, 5.74) is 0. The van der Waals surface area contributed by atoms with Gasteiger partial charge in [0.15, 0.2) is 0 Å². The molecule has 0 bridgehead atoms. The van der Waals surface area contributed by atoms with Crippen LogP contribution in [-0.4, -0.2) is 77.1 Å². The number of nitrogens with zero attached hydrogens (tertiary/aromatic N) is 3. The summed E-state index contributed by atoms with van der Waals surface area (Å²) in [6, 6.07) is 0.674. The number of hydrogen-bond donors (Lipinski definition) is 1. The lowest BCUT2D eigenvalue weighted by molar-refractivity contribution is -0.143. The maximum atomic E-state index is 12.6. The molecule has 0 saturated carbocycles. The summed E-state index contributed by atoms with van der Waals surface area (Å²) in [5, 5.41) is 9.11. The Morgan fingerprint density at radius 1 is 1.05 bits per heavy atom. The number of amides is 2. The highest BCUT2D eigenvalue weighted by atomic mass is 16.4. The van der Waals surface area contributed by atoms with E-state index in [2.05, 4.69) is 25.8 Å². The molecule has 0 aliphatic carbocycles. The highest BCUT2D eigenvalue weighted by molar-refractivity contribution is 5.77. The standard InChI is InChI=1S/C14H25N3O3/c1-10-7-17(8-11(2)15(10)3)14(20)16-6-4-5-12(9-16)13(18)19/h10-12H,4-9H2,1-3H3,(H,18,19). The molecule has 2 heterocycles. The predicted octanol–water partition coefficient (Wildman–Crippen LogP) is 0.927. The molecule has 0 aromatic carbocycles. The van der Waals surface area contributed by atoms with Crippen LogP contribution in [0.2, 0.25) is 0 Å². The number of urea groups is 1. The zero-order chi connectivity index (χ0) is 14.9. The van der Waals surface area contributed by atoms with E-state index in [4.69, 9.17) is 5.11 Å². The zero-order valence-corrected chi connectivity index (χ0v) is 12.6. The molecule has 114 valence electrons. The van der Waals surface area contributed by atoms with Crippen LogP contribution < -0.4 is 0 Å². The lowest BCUT2D eigenvalue weighted by Crippen LogP contribution is -2.59. The molecule has 2 rings (SSSR count). The Morgan fingerprint density at radius 2 is 1.65 bits per heavy atom. The van der Waals surface area contributed by atoms with Crippen molar-refractivity contribution in [3.8, 4) is 0 Å². The Balaban J connectivity index is 1.98. The summed E-state index contributed by atoms with van der Waals surface area (Å²) in [4.78, 5) is 29.5. The lowest BCUT2D eigenvalue weighted by atomic mass is 9.98. The average Bonchev–Trinajstić information content (AvgIpc) is 2.43. The van der Waals surface area contributed by atoms with E-state index in [-0.39, 0.29) is 6.03 Å². The molecule has 0 aromatic heterocycles. The molecule has 0 aromatic rings. The molecule has 0 radical (unpaired) electrons. The number of piperazine rings is 1. The molecule has 2 aliphatic rings. The van der Waals surface area contributed by atoms with Gasteiger partial charge >= 0.3 is 12.0 Å². The zero-order valence-electron chi connectivity index (χ0n) is 12.6. The van der Waals surface area contributed by atoms with Crippen LogP contribution in [0, 0.1) is 5.92 Å². The van der Waals surface area contributed by atoms with Crippen molar-refractivity contribution in [1.29, 1.82) is 0 Å². The molecule has 1 N–H and O–H groups in total. The minimum Gasteiger partial charge on any atom is -0.481 e. The first kappa shape index (κ1) is 15.1. The van der Waals surface area contributed by atoms with Crippen LogP contribution in [0.5, 0.6) is 0 Å². The number of carbonyl (C=O) groups excluding carboxylic acids is 1. The van der Waals surface area contributed by atoms with Crippen LogP contribution in [0.4, 0.5) is 4.79 Å². The normalized spacial score (nSPS) is 32.2. The molecule has 6 nitrogen and oxygen atoms in total. The highest BCUT2D eigenvalue weighted by Gasteiger charge is 2.34. The summed E-state index contributed by atoms with van der Waals surface area (Å²) in [6.07, 6.45) is 1.45. The van der Waals surface area contributed by atoms with Crippen molar-refractivity contribution >= 4 is 12.0 Å². The van der Waals surface area contributed by atoms with Gasteiger partial charge in [0.2, 0.25) is 0 Å². The quantitative estimate of drug-likeness (QED) is 0.777. The first-order chi connectivity index (χ1) is 9.40. The monoisotopic (exact) mass is 283 g/mol. The Morgan fingerprint density at radius 3 is 2.20 bits per heavy atom. The number of hydrogen-bond acceptors (Lipinski definition) is 3. The highest BCUT2D eigenvalue weighted by Crippen LogP contribution is 2.20. The summed E-state index contributed by atoms with van der Waals surface area (Å²) >= 11 is 0. The number of carbonyl (C=O) groups is 2. The first-order valence-corrected chi connectivity index (χ1v) is 7.38. The van der Waals surface area contributed by atoms with Gasteiger partial charge in [-0.15, -0.1) is 0 Å². The third kappa shape index (κ3) is 3.06. The van der Waals surface area contributed by atoms with E-state index in [9.17, 15) is 9.59 Å². The van der Waals surface area contributed by atoms with Crippen molar-refractivity contribution in [2.24, 2.45) is 5.92 Å². The fourth-order valence-corrected chi connectivity index (χ4v) is 3.11. The van der Waals surface area contributed by atoms with E-state index in [0.717, 1.165) is 6.42 Å². The second-order valence-corrected chi connectivity index (χ2v) is 6.17. The first-order valence-electron chi connectivity index (χ1n) is 7.38. The fourth-order valence-electron chi connectivity index (χ4n) is 3.11. The summed E-state index contributed by atoms with van der Waals surface area (Å²) in [7, 11) is 2.08. The molecule has 6 heteroatoms. The molecular formula is C14H25N3O3. The van der Waals surface area contributed by atoms with Crippen LogP contribution in [0.3, 0.4) is 0 Å². The second kappa shape index (κ2) is 5.99. The van der Waals surface area contributed by atoms with Gasteiger partial charge in [-0.3, -0.25) is 9.69 Å². The topological polar surface area (TPSA) is 64.1 Å². The van der Waals surface area contributed by atoms with Gasteiger partial charge in [0, 0.05) is 38.3 Å². The molecule has 2 fully saturated rings. The van der Waals surface area contributed by atoms with E-state index < -0.39 is 11.9 Å². The predicted molar refractivity (Wildman–Crippen MR) is 75.6 cm³/mol. The van der Waals surface area contributed by atoms with Gasteiger partial charge in [-0.1, -0.05) is 0 Å². The molecule has 2 amide bonds. The largest absolute Gasteiger partial charge is 0.481 e. The third-order valence-electron chi connectivity index (χ3n) is 4.67. The lowest BCUT2D eigenvalue weighted by Gasteiger charge is -2.44. The Labute approximate surface area is 120 Å². The Hall–Kier alpha value is -1.30. The van der Waals surface area contributed by atoms with Crippen molar-refractivity contribution in [2.45, 2.75) is 38.8 Å². The van der Waals surface area contributed by atoms with Crippen LogP contribution in [0.1, 0.15) is 26.7 Å². The number of piperidine rings is 1. The maximum absolute atomic E-state index is 12.6. The van der Waals surface area contributed by atoms with E-state index in [1.54, 1.807) is 4.90 Å². The molecule has 2 aliphatic heterocycles. The van der Waals surface area contributed by atoms with Crippen LogP contribution in [0.25, 0.3) is 0 Å². The van der Waals surface area contributed by atoms with E-state index in [0.29, 0.717) is 44.7 Å². The molecule has 3 atom stereocenters. The number of aliphatic carboxylic acids is 1. The summed E-state index contributed by atoms with van der Waals surface area (Å²) in [6.45, 7) is 6.70. The molecule has 2 saturated heterocycles. The second-order valence-electron chi connectivity index (χ2n) is 6.17. The van der Waals surface area contributed by atoms with Crippen molar-refractivity contribution < 1.29 is 14.7 Å². The van der Waals surface area contributed by atoms with E-state index >= 15 is 0 Å². The SMILES string of the molecule is CC1CN(C(=O)N2CCCC(C(=O)O)C2)CC(C)N1C. The Kier molecular flexibility index (Phi) is 4.52. The third-order valence-corrected chi connectivity index (χ3v) is 4.67. The van der Waals surface area contributed by atoms with Gasteiger partial charge in [0.1, 0.15) is 0 Å². The van der Waals surface area contributed by atoms with Gasteiger partial charge in [-0.25, -0.2) is 4.79 Å². The van der Waals surface area contributed by atoms with Crippen LogP contribution in [-0.2, 0) is 4.79 Å². The minimum absolute atomic E-state index is 0.00255. The smallest absolute Gasteiger partial charge is 0.320 e. The van der Waals surface area contributed by atoms with Gasteiger partial charge in [-0.2, -0.15) is 0 Å². The maximum Gasteiger partial charge on any atom is 0.320 e. The summed E-state index contributed by atoms with van der Waals surface area (Å²) < 4.78 is 0. The van der Waals surface area contributed by atoms with Crippen molar-refractivity contribution in [3.05, 3.63) is 0 Å². The van der Waals surface area contributed by atoms with Crippen LogP contribution >= 0.6 is 0 Å². The van der Waals surface area contributed by atoms with Crippen LogP contribution in [0.15, 0.2) is 0 Å². The fraction of sp³-hybridized carbons (Fsp3) is 0.857. The van der Waals surface area contributed by atoms with E-state index in [1.807, 2.05) is 4.90 Å². The summed E-state index contributed by atoms with van der Waals surface area (Å²) in [5.74, 6) is -1.20. The van der Waals surface area contributed by atoms with Gasteiger partial charge in [0.05, 0.1) is 5.92 Å². The average molecular weight is 283 g/mol. The van der Waals surface area contributed by atoms with Crippen molar-refractivity contribution in [2.75, 3.05) is 33.2 Å². The number of likely N-dealkylation sites (tertiary alicyclic amines) is 1. The van der Waals surface area contributed by atoms with Gasteiger partial charge < -0.3 is 14.9 Å². The Bertz CT molecular complexity index is 376. The number of carboxylic acids is 1. The molecule has 0 spiro atoms. The number of carboxylic acid groups (broad SMARTS) is 1. The number of likely N-dealkylation sites (N-methyl/N-ethyl adjacent to an activating group) is 1. The van der Waals surface area contributed by atoms with Crippen molar-refractivity contribution in [1.82, 2.24) is 14.7 Å².